The number of nitrogens with zero attached hydrogens (tertiary/aromatic N) is 1. The number of benzene rings is 4. The number of hydrogen-bond donors (Lipinski definition) is 1. The zero-order valence-electron chi connectivity index (χ0n) is 20.9. The molecule has 1 aliphatic rings. The summed E-state index contributed by atoms with van der Waals surface area (Å²) in [5.74, 6) is -0.894. The van der Waals surface area contributed by atoms with Crippen molar-refractivity contribution >= 4 is 40.4 Å². The van der Waals surface area contributed by atoms with Crippen molar-refractivity contribution in [3.05, 3.63) is 112 Å². The van der Waals surface area contributed by atoms with Gasteiger partial charge in [-0.05, 0) is 60.9 Å². The third kappa shape index (κ3) is 4.74. The number of imide groups is 2. The van der Waals surface area contributed by atoms with Crippen LogP contribution in [-0.2, 0) is 16.2 Å². The Balaban J connectivity index is 1.59. The highest BCUT2D eigenvalue weighted by Crippen LogP contribution is 2.33. The number of para-hydroxylation sites is 1. The molecular formula is C31H26N2O4. The summed E-state index contributed by atoms with van der Waals surface area (Å²) in [4.78, 5) is 40.1. The predicted molar refractivity (Wildman–Crippen MR) is 144 cm³/mol. The van der Waals surface area contributed by atoms with Gasteiger partial charge in [0.25, 0.3) is 11.8 Å². The van der Waals surface area contributed by atoms with Crippen LogP contribution in [0.5, 0.6) is 5.75 Å². The lowest BCUT2D eigenvalue weighted by molar-refractivity contribution is -0.122. The molecule has 1 heterocycles. The lowest BCUT2D eigenvalue weighted by Crippen LogP contribution is -2.54. The summed E-state index contributed by atoms with van der Waals surface area (Å²) in [6.07, 6.45) is 1.52. The summed E-state index contributed by atoms with van der Waals surface area (Å²) in [5, 5.41) is 4.07. The van der Waals surface area contributed by atoms with Crippen LogP contribution in [0.2, 0.25) is 0 Å². The molecule has 0 radical (unpaired) electrons. The smallest absolute Gasteiger partial charge is 0.335 e. The van der Waals surface area contributed by atoms with Gasteiger partial charge in [-0.15, -0.1) is 0 Å². The van der Waals surface area contributed by atoms with E-state index in [1.165, 1.54) is 6.08 Å². The van der Waals surface area contributed by atoms with Crippen LogP contribution >= 0.6 is 0 Å². The van der Waals surface area contributed by atoms with Crippen LogP contribution in [0.25, 0.3) is 16.8 Å². The van der Waals surface area contributed by atoms with Gasteiger partial charge in [-0.25, -0.2) is 9.69 Å². The summed E-state index contributed by atoms with van der Waals surface area (Å²) in [7, 11) is 0. The van der Waals surface area contributed by atoms with E-state index in [1.54, 1.807) is 25.1 Å². The molecule has 1 saturated heterocycles. The summed E-state index contributed by atoms with van der Waals surface area (Å²) in [6.45, 7) is 6.21. The second kappa shape index (κ2) is 9.74. The lowest BCUT2D eigenvalue weighted by atomic mass is 9.99. The summed E-state index contributed by atoms with van der Waals surface area (Å²) in [5.41, 5.74) is 4.92. The van der Waals surface area contributed by atoms with E-state index < -0.39 is 17.8 Å². The molecule has 4 aromatic rings. The second-order valence-corrected chi connectivity index (χ2v) is 9.23. The average Bonchev–Trinajstić information content (AvgIpc) is 2.86. The first-order chi connectivity index (χ1) is 17.8. The minimum Gasteiger partial charge on any atom is -0.488 e. The van der Waals surface area contributed by atoms with Gasteiger partial charge in [0.2, 0.25) is 0 Å². The number of carbonyl (C=O) groups excluding carboxylic acids is 3. The molecular weight excluding hydrogens is 464 g/mol. The minimum atomic E-state index is -0.773. The molecule has 37 heavy (non-hydrogen) atoms. The molecule has 5 rings (SSSR count). The third-order valence-electron chi connectivity index (χ3n) is 6.35. The monoisotopic (exact) mass is 490 g/mol. The Hall–Kier alpha value is -4.71. The first kappa shape index (κ1) is 24.0. The van der Waals surface area contributed by atoms with Crippen molar-refractivity contribution in [2.24, 2.45) is 0 Å². The highest BCUT2D eigenvalue weighted by molar-refractivity contribution is 6.39. The lowest BCUT2D eigenvalue weighted by Gasteiger charge is -2.27. The Kier molecular flexibility index (Phi) is 6.32. The van der Waals surface area contributed by atoms with Gasteiger partial charge >= 0.3 is 6.03 Å². The molecule has 6 heteroatoms. The Morgan fingerprint density at radius 2 is 1.54 bits per heavy atom. The van der Waals surface area contributed by atoms with E-state index in [2.05, 4.69) is 23.5 Å². The molecule has 0 bridgehead atoms. The molecule has 0 spiro atoms. The number of barbiturate groups is 1. The predicted octanol–water partition coefficient (Wildman–Crippen LogP) is 6.01. The number of urea groups is 1. The number of amides is 4. The quantitative estimate of drug-likeness (QED) is 0.275. The van der Waals surface area contributed by atoms with Gasteiger partial charge in [0, 0.05) is 5.56 Å². The number of aryl methyl sites for hydroxylation is 3. The van der Waals surface area contributed by atoms with Crippen LogP contribution in [0.1, 0.15) is 27.8 Å². The van der Waals surface area contributed by atoms with Crippen LogP contribution < -0.4 is 15.0 Å². The summed E-state index contributed by atoms with van der Waals surface area (Å²) in [6, 6.07) is 24.0. The van der Waals surface area contributed by atoms with E-state index in [0.717, 1.165) is 37.9 Å². The van der Waals surface area contributed by atoms with Crippen LogP contribution in [-0.4, -0.2) is 17.8 Å². The normalized spacial score (nSPS) is 14.8. The maximum absolute atomic E-state index is 13.5. The number of fused-ring (bicyclic) bond motifs is 1. The molecule has 4 aromatic carbocycles. The summed E-state index contributed by atoms with van der Waals surface area (Å²) < 4.78 is 6.24. The van der Waals surface area contributed by atoms with E-state index in [9.17, 15) is 14.4 Å². The van der Waals surface area contributed by atoms with Crippen LogP contribution in [0.3, 0.4) is 0 Å². The van der Waals surface area contributed by atoms with Crippen LogP contribution in [0, 0.1) is 20.8 Å². The molecule has 0 atom stereocenters. The zero-order valence-corrected chi connectivity index (χ0v) is 20.9. The zero-order chi connectivity index (χ0) is 26.1. The van der Waals surface area contributed by atoms with E-state index in [4.69, 9.17) is 4.74 Å². The van der Waals surface area contributed by atoms with Gasteiger partial charge < -0.3 is 4.74 Å². The molecule has 1 aliphatic heterocycles. The van der Waals surface area contributed by atoms with Crippen molar-refractivity contribution in [2.45, 2.75) is 27.4 Å². The van der Waals surface area contributed by atoms with E-state index in [0.29, 0.717) is 23.6 Å². The van der Waals surface area contributed by atoms with Crippen molar-refractivity contribution in [2.75, 3.05) is 4.90 Å². The fourth-order valence-corrected chi connectivity index (χ4v) is 4.70. The van der Waals surface area contributed by atoms with Gasteiger partial charge in [0.05, 0.1) is 5.69 Å². The van der Waals surface area contributed by atoms with Crippen molar-refractivity contribution < 1.29 is 19.1 Å². The van der Waals surface area contributed by atoms with Crippen LogP contribution in [0.4, 0.5) is 10.5 Å². The number of hydrogen-bond acceptors (Lipinski definition) is 4. The fraction of sp³-hybridized carbons (Fsp3) is 0.129. The first-order valence-electron chi connectivity index (χ1n) is 12.0. The molecule has 6 nitrogen and oxygen atoms in total. The SMILES string of the molecule is Cc1cc(C)cc(COc2ccc3ccccc3c2/C=C2\C(=O)NC(=O)N(c3ccccc3C)C2=O)c1. The Morgan fingerprint density at radius 3 is 2.30 bits per heavy atom. The maximum Gasteiger partial charge on any atom is 0.335 e. The molecule has 4 amide bonds. The Bertz CT molecular complexity index is 1580. The number of ether oxygens (including phenoxy) is 1. The highest BCUT2D eigenvalue weighted by atomic mass is 16.5. The first-order valence-corrected chi connectivity index (χ1v) is 12.0. The number of rotatable bonds is 5. The standard InChI is InChI=1S/C31H26N2O4/c1-19-14-20(2)16-22(15-19)18-37-28-13-12-23-9-5-6-10-24(23)25(28)17-26-29(34)32-31(36)33(30(26)35)27-11-7-4-8-21(27)3/h4-17H,18H2,1-3H3,(H,32,34,36)/b26-17+. The van der Waals surface area contributed by atoms with Crippen molar-refractivity contribution in [1.82, 2.24) is 5.32 Å². The molecule has 0 saturated carbocycles. The summed E-state index contributed by atoms with van der Waals surface area (Å²) >= 11 is 0. The largest absolute Gasteiger partial charge is 0.488 e. The van der Waals surface area contributed by atoms with Gasteiger partial charge in [-0.3, -0.25) is 14.9 Å². The number of anilines is 1. The molecule has 184 valence electrons. The van der Waals surface area contributed by atoms with Gasteiger partial charge in [-0.2, -0.15) is 0 Å². The van der Waals surface area contributed by atoms with Gasteiger partial charge in [-0.1, -0.05) is 77.9 Å². The molecule has 1 fully saturated rings. The average molecular weight is 491 g/mol. The van der Waals surface area contributed by atoms with Crippen molar-refractivity contribution in [3.8, 4) is 5.75 Å². The van der Waals surface area contributed by atoms with E-state index in [1.807, 2.05) is 56.3 Å². The Morgan fingerprint density at radius 1 is 0.838 bits per heavy atom. The molecule has 1 N–H and O–H groups in total. The molecule has 0 aliphatic carbocycles. The second-order valence-electron chi connectivity index (χ2n) is 9.23. The van der Waals surface area contributed by atoms with Gasteiger partial charge in [0.15, 0.2) is 0 Å². The van der Waals surface area contributed by atoms with E-state index in [-0.39, 0.29) is 5.57 Å². The van der Waals surface area contributed by atoms with Crippen molar-refractivity contribution in [1.29, 1.82) is 0 Å². The highest BCUT2D eigenvalue weighted by Gasteiger charge is 2.37. The molecule has 0 aromatic heterocycles. The van der Waals surface area contributed by atoms with Crippen LogP contribution in [0.15, 0.2) is 84.4 Å². The molecule has 0 unspecified atom stereocenters. The van der Waals surface area contributed by atoms with Crippen molar-refractivity contribution in [3.63, 3.8) is 0 Å². The third-order valence-corrected chi connectivity index (χ3v) is 6.35. The topological polar surface area (TPSA) is 75.7 Å². The minimum absolute atomic E-state index is 0.143. The number of nitrogens with one attached hydrogen (secondary N) is 1. The fourth-order valence-electron chi connectivity index (χ4n) is 4.70. The van der Waals surface area contributed by atoms with Gasteiger partial charge in [0.1, 0.15) is 17.9 Å². The maximum atomic E-state index is 13.5. The number of carbonyl (C=O) groups is 3. The van der Waals surface area contributed by atoms with E-state index >= 15 is 0 Å². The Labute approximate surface area is 215 Å².